The Balaban J connectivity index is 1.39. The summed E-state index contributed by atoms with van der Waals surface area (Å²) in [5.41, 5.74) is 6.56. The highest BCUT2D eigenvalue weighted by molar-refractivity contribution is 6.23. The Labute approximate surface area is 260 Å². The summed E-state index contributed by atoms with van der Waals surface area (Å²) in [4.78, 5) is 0. The second-order valence-electron chi connectivity index (χ2n) is 13.0. The molecule has 0 aliphatic carbocycles. The standard InChI is InChI=1S/C41H22N4O/c1-2-10-24-22-31-30(21-23(24)9-1)29-17-19-35-45-40(29)44-37(31)26-12-3-4-13-28(26)39(44)41(45)36-33(46-35)18-16-27-25-11-5-6-14-32(25)43(38(27)36)34-15-7-8-20-42(34)41/h1-22H/q+2. The van der Waals surface area contributed by atoms with Crippen LogP contribution < -0.4 is 13.9 Å². The molecule has 0 N–H and O–H groups in total. The monoisotopic (exact) mass is 586 g/mol. The van der Waals surface area contributed by atoms with Crippen LogP contribution in [0.1, 0.15) is 11.3 Å². The van der Waals surface area contributed by atoms with Crippen molar-refractivity contribution in [3.63, 3.8) is 0 Å². The molecule has 5 heteroatoms. The van der Waals surface area contributed by atoms with E-state index in [1.165, 1.54) is 76.3 Å². The molecular weight excluding hydrogens is 564 g/mol. The number of hydrogen-bond acceptors (Lipinski definition) is 1. The smallest absolute Gasteiger partial charge is 0.354 e. The molecule has 1 unspecified atom stereocenters. The van der Waals surface area contributed by atoms with Crippen LogP contribution in [0.25, 0.3) is 76.5 Å². The van der Waals surface area contributed by atoms with Crippen LogP contribution in [-0.4, -0.2) is 8.97 Å². The Morgan fingerprint density at radius 3 is 2.17 bits per heavy atom. The topological polar surface area (TPSA) is 26.3 Å². The highest BCUT2D eigenvalue weighted by Gasteiger charge is 2.67. The SMILES string of the molecule is c1cc[n+]2c(c1)-n1c3ccccc3c3ccc4c(c31)C21c2c3ccccc3c3c5cc6ccccc6cc5c5ccc([n+]1c5n23)O4. The van der Waals surface area contributed by atoms with Gasteiger partial charge in [-0.3, -0.25) is 0 Å². The lowest BCUT2D eigenvalue weighted by atomic mass is 9.87. The maximum atomic E-state index is 6.95. The van der Waals surface area contributed by atoms with Crippen LogP contribution >= 0.6 is 0 Å². The lowest BCUT2D eigenvalue weighted by molar-refractivity contribution is -0.958. The van der Waals surface area contributed by atoms with Crippen molar-refractivity contribution in [3.05, 3.63) is 145 Å². The third-order valence-electron chi connectivity index (χ3n) is 11.0. The van der Waals surface area contributed by atoms with Gasteiger partial charge >= 0.3 is 11.3 Å². The first-order valence-electron chi connectivity index (χ1n) is 15.9. The Morgan fingerprint density at radius 1 is 0.565 bits per heavy atom. The van der Waals surface area contributed by atoms with Gasteiger partial charge in [0.2, 0.25) is 5.69 Å². The molecule has 1 spiro atoms. The molecule has 3 aliphatic rings. The molecule has 5 nitrogen and oxygen atoms in total. The molecular formula is C41H22N4O+2. The molecule has 0 amide bonds. The van der Waals surface area contributed by atoms with E-state index in [-0.39, 0.29) is 0 Å². The minimum absolute atomic E-state index is 0.714. The van der Waals surface area contributed by atoms with Gasteiger partial charge in [-0.2, -0.15) is 13.5 Å². The third-order valence-corrected chi connectivity index (χ3v) is 11.0. The average Bonchev–Trinajstić information content (AvgIpc) is 3.74. The van der Waals surface area contributed by atoms with Crippen LogP contribution in [-0.2, 0) is 5.66 Å². The van der Waals surface area contributed by atoms with E-state index in [4.69, 9.17) is 4.74 Å². The zero-order valence-corrected chi connectivity index (χ0v) is 24.4. The Kier molecular flexibility index (Phi) is 3.41. The van der Waals surface area contributed by atoms with Crippen LogP contribution in [0.3, 0.4) is 0 Å². The quantitative estimate of drug-likeness (QED) is 0.0999. The fourth-order valence-electron chi connectivity index (χ4n) is 9.46. The molecule has 10 aromatic rings. The van der Waals surface area contributed by atoms with E-state index in [0.717, 1.165) is 23.1 Å². The Hall–Kier alpha value is -6.20. The molecule has 5 aromatic carbocycles. The number of aromatic nitrogens is 4. The first kappa shape index (κ1) is 22.3. The Morgan fingerprint density at radius 2 is 1.28 bits per heavy atom. The second kappa shape index (κ2) is 7.03. The summed E-state index contributed by atoms with van der Waals surface area (Å²) in [6.45, 7) is 0. The average molecular weight is 587 g/mol. The Bertz CT molecular complexity index is 3130. The predicted molar refractivity (Wildman–Crippen MR) is 180 cm³/mol. The van der Waals surface area contributed by atoms with Crippen molar-refractivity contribution in [2.24, 2.45) is 0 Å². The number of pyridine rings is 3. The van der Waals surface area contributed by atoms with Gasteiger partial charge in [-0.25, -0.2) is 0 Å². The lowest BCUT2D eigenvalue weighted by Gasteiger charge is -2.34. The fraction of sp³-hybridized carbons (Fsp3) is 0.0244. The highest BCUT2D eigenvalue weighted by Crippen LogP contribution is 2.54. The number of hydrogen-bond donors (Lipinski definition) is 0. The number of fused-ring (bicyclic) bond motifs is 12. The number of rotatable bonds is 0. The van der Waals surface area contributed by atoms with Crippen molar-refractivity contribution in [2.45, 2.75) is 5.66 Å². The molecule has 210 valence electrons. The van der Waals surface area contributed by atoms with Gasteiger partial charge in [0, 0.05) is 44.5 Å². The number of nitrogens with zero attached hydrogens (tertiary/aromatic N) is 4. The van der Waals surface area contributed by atoms with Crippen LogP contribution in [0.5, 0.6) is 11.6 Å². The van der Waals surface area contributed by atoms with Crippen LogP contribution in [0, 0.1) is 0 Å². The van der Waals surface area contributed by atoms with Crippen LogP contribution in [0.2, 0.25) is 0 Å². The molecule has 0 radical (unpaired) electrons. The maximum absolute atomic E-state index is 6.95. The van der Waals surface area contributed by atoms with Gasteiger partial charge in [-0.15, -0.1) is 4.57 Å². The zero-order chi connectivity index (χ0) is 29.5. The van der Waals surface area contributed by atoms with Gasteiger partial charge in [0.25, 0.3) is 11.7 Å². The minimum Gasteiger partial charge on any atom is -0.422 e. The van der Waals surface area contributed by atoms with Crippen LogP contribution in [0.4, 0.5) is 0 Å². The summed E-state index contributed by atoms with van der Waals surface area (Å²) < 4.78 is 17.0. The van der Waals surface area contributed by atoms with E-state index in [2.05, 4.69) is 152 Å². The lowest BCUT2D eigenvalue weighted by Crippen LogP contribution is -2.76. The van der Waals surface area contributed by atoms with Crippen molar-refractivity contribution in [1.82, 2.24) is 8.97 Å². The molecule has 1 atom stereocenters. The van der Waals surface area contributed by atoms with Crippen LogP contribution in [0.15, 0.2) is 134 Å². The van der Waals surface area contributed by atoms with E-state index in [1.54, 1.807) is 0 Å². The van der Waals surface area contributed by atoms with Crippen molar-refractivity contribution in [1.29, 1.82) is 0 Å². The van der Waals surface area contributed by atoms with Gasteiger partial charge < -0.3 is 4.74 Å². The first-order valence-corrected chi connectivity index (χ1v) is 15.9. The molecule has 5 aromatic heterocycles. The minimum atomic E-state index is -0.714. The molecule has 0 fully saturated rings. The molecule has 0 saturated carbocycles. The fourth-order valence-corrected chi connectivity index (χ4v) is 9.46. The normalized spacial score (nSPS) is 17.0. The molecule has 0 bridgehead atoms. The van der Waals surface area contributed by atoms with Crippen molar-refractivity contribution >= 4 is 70.7 Å². The molecule has 13 rings (SSSR count). The summed E-state index contributed by atoms with van der Waals surface area (Å²) in [7, 11) is 0. The van der Waals surface area contributed by atoms with Gasteiger partial charge in [-0.1, -0.05) is 54.6 Å². The van der Waals surface area contributed by atoms with E-state index in [0.29, 0.717) is 0 Å². The van der Waals surface area contributed by atoms with E-state index >= 15 is 0 Å². The summed E-state index contributed by atoms with van der Waals surface area (Å²) in [5, 5.41) is 11.3. The maximum Gasteiger partial charge on any atom is 0.354 e. The van der Waals surface area contributed by atoms with E-state index < -0.39 is 5.66 Å². The van der Waals surface area contributed by atoms with Gasteiger partial charge in [-0.05, 0) is 71.4 Å². The zero-order valence-electron chi connectivity index (χ0n) is 24.4. The summed E-state index contributed by atoms with van der Waals surface area (Å²) in [5.74, 6) is 2.89. The largest absolute Gasteiger partial charge is 0.422 e. The first-order chi connectivity index (χ1) is 22.8. The second-order valence-corrected chi connectivity index (χ2v) is 13.0. The summed E-state index contributed by atoms with van der Waals surface area (Å²) in [6, 6.07) is 46.8. The van der Waals surface area contributed by atoms with Gasteiger partial charge in [0.1, 0.15) is 22.3 Å². The highest BCUT2D eigenvalue weighted by atomic mass is 16.5. The van der Waals surface area contributed by atoms with E-state index in [1.807, 2.05) is 0 Å². The molecule has 3 aliphatic heterocycles. The summed E-state index contributed by atoms with van der Waals surface area (Å²) in [6.07, 6.45) is 2.27. The van der Waals surface area contributed by atoms with Gasteiger partial charge in [0.05, 0.1) is 11.6 Å². The van der Waals surface area contributed by atoms with Crippen molar-refractivity contribution in [3.8, 4) is 17.4 Å². The predicted octanol–water partition coefficient (Wildman–Crippen LogP) is 8.25. The number of para-hydroxylation sites is 1. The summed E-state index contributed by atoms with van der Waals surface area (Å²) >= 11 is 0. The molecule has 46 heavy (non-hydrogen) atoms. The van der Waals surface area contributed by atoms with Gasteiger partial charge in [0.15, 0.2) is 5.52 Å². The van der Waals surface area contributed by atoms with Crippen molar-refractivity contribution in [2.75, 3.05) is 0 Å². The van der Waals surface area contributed by atoms with E-state index in [9.17, 15) is 0 Å². The third kappa shape index (κ3) is 2.11. The molecule has 8 heterocycles. The van der Waals surface area contributed by atoms with Crippen molar-refractivity contribution < 1.29 is 13.9 Å². The number of ether oxygens (including phenoxy) is 1. The molecule has 0 saturated heterocycles. The number of benzene rings is 5.